The molecule has 1 aromatic heterocycles. The first kappa shape index (κ1) is 11.2. The first-order chi connectivity index (χ1) is 8.25. The van der Waals surface area contributed by atoms with Gasteiger partial charge in [0.2, 0.25) is 0 Å². The molecule has 0 aliphatic carbocycles. The van der Waals surface area contributed by atoms with Crippen molar-refractivity contribution in [2.24, 2.45) is 0 Å². The van der Waals surface area contributed by atoms with Crippen molar-refractivity contribution in [3.05, 3.63) is 40.0 Å². The highest BCUT2D eigenvalue weighted by molar-refractivity contribution is 7.18. The Balaban J connectivity index is 2.20. The van der Waals surface area contributed by atoms with E-state index >= 15 is 0 Å². The van der Waals surface area contributed by atoms with E-state index in [9.17, 15) is 4.39 Å². The summed E-state index contributed by atoms with van der Waals surface area (Å²) in [5.74, 6) is -0.272. The summed E-state index contributed by atoms with van der Waals surface area (Å²) in [6.45, 7) is 1.86. The number of hydrogen-bond acceptors (Lipinski definition) is 2. The molecule has 1 aliphatic heterocycles. The molecule has 17 heavy (non-hydrogen) atoms. The fraction of sp³-hybridized carbons (Fsp3) is 0.231. The number of fused-ring (bicyclic) bond motifs is 1. The molecular weight excluding hydrogens is 257 g/mol. The van der Waals surface area contributed by atoms with Crippen LogP contribution in [0.2, 0.25) is 5.02 Å². The summed E-state index contributed by atoms with van der Waals surface area (Å²) in [4.78, 5) is 0. The highest BCUT2D eigenvalue weighted by atomic mass is 35.5. The first-order valence-electron chi connectivity index (χ1n) is 5.52. The van der Waals surface area contributed by atoms with E-state index < -0.39 is 0 Å². The van der Waals surface area contributed by atoms with Gasteiger partial charge in [-0.25, -0.2) is 4.39 Å². The second-order valence-electron chi connectivity index (χ2n) is 4.11. The molecule has 0 spiro atoms. The fourth-order valence-corrected chi connectivity index (χ4v) is 3.48. The summed E-state index contributed by atoms with van der Waals surface area (Å²) in [7, 11) is 0. The maximum Gasteiger partial charge on any atom is 0.125 e. The van der Waals surface area contributed by atoms with Gasteiger partial charge in [0, 0.05) is 11.9 Å². The van der Waals surface area contributed by atoms with Crippen molar-refractivity contribution < 1.29 is 4.39 Å². The van der Waals surface area contributed by atoms with Crippen molar-refractivity contribution in [1.82, 2.24) is 5.32 Å². The Morgan fingerprint density at radius 3 is 3.00 bits per heavy atom. The fourth-order valence-electron chi connectivity index (χ4n) is 2.16. The number of halogens is 2. The molecule has 1 aromatic carbocycles. The molecule has 1 nitrogen and oxygen atoms in total. The maximum absolute atomic E-state index is 13.4. The molecule has 1 N–H and O–H groups in total. The van der Waals surface area contributed by atoms with Crippen molar-refractivity contribution in [1.29, 1.82) is 0 Å². The molecule has 0 fully saturated rings. The van der Waals surface area contributed by atoms with Crippen LogP contribution >= 0.6 is 22.9 Å². The Labute approximate surface area is 108 Å². The van der Waals surface area contributed by atoms with Gasteiger partial charge in [0.25, 0.3) is 0 Å². The summed E-state index contributed by atoms with van der Waals surface area (Å²) in [5, 5.41) is 6.82. The summed E-state index contributed by atoms with van der Waals surface area (Å²) in [6, 6.07) is 2.94. The molecular formula is C13H11ClFNS. The second kappa shape index (κ2) is 4.41. The zero-order chi connectivity index (χ0) is 11.8. The van der Waals surface area contributed by atoms with Gasteiger partial charge in [0.1, 0.15) is 5.82 Å². The molecule has 0 bridgehead atoms. The zero-order valence-electron chi connectivity index (χ0n) is 9.09. The highest BCUT2D eigenvalue weighted by Crippen LogP contribution is 2.36. The van der Waals surface area contributed by atoms with Crippen molar-refractivity contribution in [3.63, 3.8) is 0 Å². The Morgan fingerprint density at radius 2 is 2.24 bits per heavy atom. The van der Waals surface area contributed by atoms with Gasteiger partial charge in [-0.2, -0.15) is 0 Å². The van der Waals surface area contributed by atoms with Gasteiger partial charge < -0.3 is 5.32 Å². The van der Waals surface area contributed by atoms with Gasteiger partial charge >= 0.3 is 0 Å². The molecule has 4 heteroatoms. The van der Waals surface area contributed by atoms with Gasteiger partial charge in [-0.1, -0.05) is 17.7 Å². The molecule has 3 rings (SSSR count). The number of benzene rings is 1. The topological polar surface area (TPSA) is 12.0 Å². The van der Waals surface area contributed by atoms with Crippen LogP contribution in [0.25, 0.3) is 15.7 Å². The monoisotopic (exact) mass is 267 g/mol. The third-order valence-electron chi connectivity index (χ3n) is 2.97. The molecule has 0 saturated heterocycles. The number of thiophene rings is 1. The summed E-state index contributed by atoms with van der Waals surface area (Å²) < 4.78 is 14.4. The third kappa shape index (κ3) is 1.99. The van der Waals surface area contributed by atoms with Crippen molar-refractivity contribution >= 4 is 38.6 Å². The Morgan fingerprint density at radius 1 is 1.35 bits per heavy atom. The molecule has 0 radical (unpaired) electrons. The van der Waals surface area contributed by atoms with E-state index in [0.29, 0.717) is 5.02 Å². The van der Waals surface area contributed by atoms with Crippen LogP contribution in [-0.4, -0.2) is 13.1 Å². The van der Waals surface area contributed by atoms with E-state index in [1.807, 2.05) is 0 Å². The van der Waals surface area contributed by atoms with Crippen molar-refractivity contribution in [2.75, 3.05) is 13.1 Å². The third-order valence-corrected chi connectivity index (χ3v) is 4.41. The van der Waals surface area contributed by atoms with Crippen LogP contribution in [0.3, 0.4) is 0 Å². The summed E-state index contributed by atoms with van der Waals surface area (Å²) >= 11 is 7.63. The normalized spacial score (nSPS) is 16.2. The Kier molecular flexibility index (Phi) is 2.90. The van der Waals surface area contributed by atoms with Crippen molar-refractivity contribution in [3.8, 4) is 0 Å². The van der Waals surface area contributed by atoms with E-state index in [4.69, 9.17) is 11.6 Å². The van der Waals surface area contributed by atoms with E-state index in [1.165, 1.54) is 11.6 Å². The molecule has 0 unspecified atom stereocenters. The zero-order valence-corrected chi connectivity index (χ0v) is 10.7. The molecule has 1 aliphatic rings. The van der Waals surface area contributed by atoms with Crippen molar-refractivity contribution in [2.45, 2.75) is 6.42 Å². The molecule has 0 atom stereocenters. The lowest BCUT2D eigenvalue weighted by atomic mass is 10.0. The van der Waals surface area contributed by atoms with Crippen LogP contribution in [0.1, 0.15) is 12.0 Å². The van der Waals surface area contributed by atoms with Crippen LogP contribution in [0.4, 0.5) is 4.39 Å². The summed E-state index contributed by atoms with van der Waals surface area (Å²) in [6.07, 6.45) is 3.24. The van der Waals surface area contributed by atoms with Gasteiger partial charge in [-0.3, -0.25) is 0 Å². The van der Waals surface area contributed by atoms with Crippen LogP contribution in [0.15, 0.2) is 23.6 Å². The molecule has 2 aromatic rings. The second-order valence-corrected chi connectivity index (χ2v) is 5.40. The average Bonchev–Trinajstić information content (AvgIpc) is 2.74. The number of nitrogens with one attached hydrogen (secondary N) is 1. The predicted molar refractivity (Wildman–Crippen MR) is 72.3 cm³/mol. The minimum absolute atomic E-state index is 0.272. The SMILES string of the molecule is Fc1cc(Cl)c2scc(C3=CCCNC3)c2c1. The predicted octanol–water partition coefficient (Wildman–Crippen LogP) is 4.07. The van der Waals surface area contributed by atoms with Crippen LogP contribution in [0.5, 0.6) is 0 Å². The van der Waals surface area contributed by atoms with Gasteiger partial charge in [0.05, 0.1) is 9.72 Å². The Hall–Kier alpha value is -0.900. The average molecular weight is 268 g/mol. The molecule has 0 saturated carbocycles. The minimum Gasteiger partial charge on any atom is -0.312 e. The van der Waals surface area contributed by atoms with Gasteiger partial charge in [-0.05, 0) is 41.6 Å². The molecule has 0 amide bonds. The minimum atomic E-state index is -0.272. The smallest absolute Gasteiger partial charge is 0.125 e. The van der Waals surface area contributed by atoms with E-state index in [0.717, 1.165) is 35.2 Å². The molecule has 2 heterocycles. The van der Waals surface area contributed by atoms with Gasteiger partial charge in [-0.15, -0.1) is 11.3 Å². The highest BCUT2D eigenvalue weighted by Gasteiger charge is 2.13. The number of hydrogen-bond donors (Lipinski definition) is 1. The van der Waals surface area contributed by atoms with Gasteiger partial charge in [0.15, 0.2) is 0 Å². The lowest BCUT2D eigenvalue weighted by Crippen LogP contribution is -2.21. The largest absolute Gasteiger partial charge is 0.312 e. The van der Waals surface area contributed by atoms with Crippen LogP contribution in [-0.2, 0) is 0 Å². The van der Waals surface area contributed by atoms with Crippen LogP contribution in [0, 0.1) is 5.82 Å². The molecule has 88 valence electrons. The standard InChI is InChI=1S/C13H11ClFNS/c14-12-5-9(15)4-10-11(7-17-13(10)12)8-2-1-3-16-6-8/h2,4-5,7,16H,1,3,6H2. The Bertz CT molecular complexity index is 603. The van der Waals surface area contributed by atoms with E-state index in [1.54, 1.807) is 17.4 Å². The quantitative estimate of drug-likeness (QED) is 0.821. The lowest BCUT2D eigenvalue weighted by Gasteiger charge is -2.13. The summed E-state index contributed by atoms with van der Waals surface area (Å²) in [5.41, 5.74) is 2.35. The maximum atomic E-state index is 13.4. The lowest BCUT2D eigenvalue weighted by molar-refractivity contribution is 0.630. The first-order valence-corrected chi connectivity index (χ1v) is 6.78. The van der Waals surface area contributed by atoms with E-state index in [2.05, 4.69) is 16.8 Å². The van der Waals surface area contributed by atoms with Crippen LogP contribution < -0.4 is 5.32 Å². The number of rotatable bonds is 1. The van der Waals surface area contributed by atoms with E-state index in [-0.39, 0.29) is 5.82 Å².